The van der Waals surface area contributed by atoms with E-state index in [2.05, 4.69) is 18.7 Å². The summed E-state index contributed by atoms with van der Waals surface area (Å²) in [5.74, 6) is 0.858. The molecule has 0 saturated carbocycles. The highest BCUT2D eigenvalue weighted by molar-refractivity contribution is 4.94. The fraction of sp³-hybridized carbons (Fsp3) is 1.00. The van der Waals surface area contributed by atoms with Gasteiger partial charge in [0.05, 0.1) is 0 Å². The highest BCUT2D eigenvalue weighted by Gasteiger charge is 2.38. The van der Waals surface area contributed by atoms with Crippen LogP contribution in [0.25, 0.3) is 0 Å². The zero-order valence-corrected chi connectivity index (χ0v) is 7.71. The molecule has 0 radical (unpaired) electrons. The molecule has 0 N–H and O–H groups in total. The molecule has 11 heavy (non-hydrogen) atoms. The average Bonchev–Trinajstić information content (AvgIpc) is 2.48. The quantitative estimate of drug-likeness (QED) is 0.588. The van der Waals surface area contributed by atoms with Crippen molar-refractivity contribution < 1.29 is 0 Å². The largest absolute Gasteiger partial charge is 0.297 e. The molecule has 2 rings (SSSR count). The van der Waals surface area contributed by atoms with Crippen LogP contribution in [-0.2, 0) is 0 Å². The molecule has 2 heterocycles. The van der Waals surface area contributed by atoms with Gasteiger partial charge in [0.1, 0.15) is 0 Å². The highest BCUT2D eigenvalue weighted by atomic mass is 15.2. The third-order valence-electron chi connectivity index (χ3n) is 3.18. The summed E-state index contributed by atoms with van der Waals surface area (Å²) in [4.78, 5) is 2.75. The minimum atomic E-state index is 0.858. The summed E-state index contributed by atoms with van der Waals surface area (Å²) in [5, 5.41) is 0. The van der Waals surface area contributed by atoms with Crippen molar-refractivity contribution in [1.29, 1.82) is 0 Å². The topological polar surface area (TPSA) is 3.24 Å². The second kappa shape index (κ2) is 2.78. The Morgan fingerprint density at radius 2 is 1.55 bits per heavy atom. The SMILES string of the molecule is CC(C)CN1C2CCC1CC2. The molecule has 0 spiro atoms. The van der Waals surface area contributed by atoms with Crippen molar-refractivity contribution >= 4 is 0 Å². The van der Waals surface area contributed by atoms with Gasteiger partial charge in [-0.25, -0.2) is 0 Å². The lowest BCUT2D eigenvalue weighted by molar-refractivity contribution is 0.224. The molecule has 0 aromatic heterocycles. The van der Waals surface area contributed by atoms with Gasteiger partial charge in [0.25, 0.3) is 0 Å². The van der Waals surface area contributed by atoms with E-state index in [0.29, 0.717) is 0 Å². The van der Waals surface area contributed by atoms with Crippen LogP contribution in [0.1, 0.15) is 39.5 Å². The molecular formula is C10H19N. The minimum Gasteiger partial charge on any atom is -0.297 e. The Labute approximate surface area is 69.8 Å². The Morgan fingerprint density at radius 1 is 1.09 bits per heavy atom. The van der Waals surface area contributed by atoms with Crippen molar-refractivity contribution in [2.45, 2.75) is 51.6 Å². The minimum absolute atomic E-state index is 0.858. The van der Waals surface area contributed by atoms with Crippen LogP contribution >= 0.6 is 0 Å². The summed E-state index contributed by atoms with van der Waals surface area (Å²) < 4.78 is 0. The van der Waals surface area contributed by atoms with Crippen molar-refractivity contribution in [3.05, 3.63) is 0 Å². The predicted octanol–water partition coefficient (Wildman–Crippen LogP) is 2.27. The Morgan fingerprint density at radius 3 is 1.91 bits per heavy atom. The summed E-state index contributed by atoms with van der Waals surface area (Å²) >= 11 is 0. The summed E-state index contributed by atoms with van der Waals surface area (Å²) in [7, 11) is 0. The van der Waals surface area contributed by atoms with Gasteiger partial charge in [0, 0.05) is 18.6 Å². The first kappa shape index (κ1) is 7.60. The van der Waals surface area contributed by atoms with Gasteiger partial charge in [0.15, 0.2) is 0 Å². The van der Waals surface area contributed by atoms with Gasteiger partial charge in [-0.3, -0.25) is 4.90 Å². The molecule has 2 bridgehead atoms. The molecule has 0 amide bonds. The number of nitrogens with zero attached hydrogens (tertiary/aromatic N) is 1. The second-order valence-corrected chi connectivity index (χ2v) is 4.55. The number of rotatable bonds is 2. The van der Waals surface area contributed by atoms with Crippen molar-refractivity contribution in [3.63, 3.8) is 0 Å². The van der Waals surface area contributed by atoms with E-state index in [9.17, 15) is 0 Å². The fourth-order valence-corrected chi connectivity index (χ4v) is 2.74. The lowest BCUT2D eigenvalue weighted by Gasteiger charge is -2.23. The van der Waals surface area contributed by atoms with Crippen LogP contribution in [0.5, 0.6) is 0 Å². The standard InChI is InChI=1S/C10H19N/c1-8(2)7-11-9-3-4-10(11)6-5-9/h8-10H,3-7H2,1-2H3. The van der Waals surface area contributed by atoms with Crippen LogP contribution < -0.4 is 0 Å². The van der Waals surface area contributed by atoms with E-state index in [1.54, 1.807) is 0 Å². The van der Waals surface area contributed by atoms with E-state index in [1.165, 1.54) is 32.2 Å². The molecule has 0 aliphatic carbocycles. The van der Waals surface area contributed by atoms with Gasteiger partial charge in [0.2, 0.25) is 0 Å². The first-order chi connectivity index (χ1) is 5.27. The van der Waals surface area contributed by atoms with Gasteiger partial charge in [-0.1, -0.05) is 13.8 Å². The lowest BCUT2D eigenvalue weighted by Crippen LogP contribution is -2.31. The van der Waals surface area contributed by atoms with E-state index in [-0.39, 0.29) is 0 Å². The Balaban J connectivity index is 1.94. The number of hydrogen-bond donors (Lipinski definition) is 0. The molecular weight excluding hydrogens is 134 g/mol. The second-order valence-electron chi connectivity index (χ2n) is 4.55. The van der Waals surface area contributed by atoms with E-state index in [1.807, 2.05) is 0 Å². The average molecular weight is 153 g/mol. The monoisotopic (exact) mass is 153 g/mol. The smallest absolute Gasteiger partial charge is 0.00994 e. The summed E-state index contributed by atoms with van der Waals surface area (Å²) in [6.45, 7) is 6.00. The van der Waals surface area contributed by atoms with Gasteiger partial charge in [-0.05, 0) is 31.6 Å². The zero-order chi connectivity index (χ0) is 7.84. The number of hydrogen-bond acceptors (Lipinski definition) is 1. The normalized spacial score (nSPS) is 37.4. The third-order valence-corrected chi connectivity index (χ3v) is 3.18. The summed E-state index contributed by atoms with van der Waals surface area (Å²) in [6, 6.07) is 1.95. The van der Waals surface area contributed by atoms with Crippen molar-refractivity contribution in [3.8, 4) is 0 Å². The van der Waals surface area contributed by atoms with E-state index in [0.717, 1.165) is 18.0 Å². The predicted molar refractivity (Wildman–Crippen MR) is 47.6 cm³/mol. The maximum Gasteiger partial charge on any atom is 0.00994 e. The molecule has 0 aromatic rings. The van der Waals surface area contributed by atoms with Crippen molar-refractivity contribution in [2.75, 3.05) is 6.54 Å². The molecule has 64 valence electrons. The van der Waals surface area contributed by atoms with Crippen molar-refractivity contribution in [2.24, 2.45) is 5.92 Å². The molecule has 2 saturated heterocycles. The Bertz CT molecular complexity index is 122. The van der Waals surface area contributed by atoms with Crippen LogP contribution in [0.15, 0.2) is 0 Å². The molecule has 0 unspecified atom stereocenters. The molecule has 2 aliphatic rings. The van der Waals surface area contributed by atoms with Gasteiger partial charge >= 0.3 is 0 Å². The molecule has 1 heteroatoms. The van der Waals surface area contributed by atoms with Crippen LogP contribution in [0.3, 0.4) is 0 Å². The van der Waals surface area contributed by atoms with Gasteiger partial charge in [-0.15, -0.1) is 0 Å². The van der Waals surface area contributed by atoms with Gasteiger partial charge in [-0.2, -0.15) is 0 Å². The molecule has 0 aromatic carbocycles. The fourth-order valence-electron chi connectivity index (χ4n) is 2.74. The highest BCUT2D eigenvalue weighted by Crippen LogP contribution is 2.37. The molecule has 2 aliphatic heterocycles. The molecule has 2 fully saturated rings. The Hall–Kier alpha value is -0.0400. The molecule has 1 nitrogen and oxygen atoms in total. The maximum absolute atomic E-state index is 2.75. The van der Waals surface area contributed by atoms with E-state index >= 15 is 0 Å². The Kier molecular flexibility index (Phi) is 1.92. The van der Waals surface area contributed by atoms with Crippen LogP contribution in [0, 0.1) is 5.92 Å². The van der Waals surface area contributed by atoms with Crippen LogP contribution in [0.4, 0.5) is 0 Å². The van der Waals surface area contributed by atoms with E-state index in [4.69, 9.17) is 0 Å². The summed E-state index contributed by atoms with van der Waals surface area (Å²) in [6.07, 6.45) is 5.93. The lowest BCUT2D eigenvalue weighted by atomic mass is 10.0. The third kappa shape index (κ3) is 1.31. The zero-order valence-electron chi connectivity index (χ0n) is 7.71. The first-order valence-electron chi connectivity index (χ1n) is 5.03. The van der Waals surface area contributed by atoms with E-state index < -0.39 is 0 Å². The first-order valence-corrected chi connectivity index (χ1v) is 5.03. The van der Waals surface area contributed by atoms with Crippen LogP contribution in [0.2, 0.25) is 0 Å². The van der Waals surface area contributed by atoms with Crippen molar-refractivity contribution in [1.82, 2.24) is 4.90 Å². The molecule has 0 atom stereocenters. The van der Waals surface area contributed by atoms with Crippen LogP contribution in [-0.4, -0.2) is 23.5 Å². The number of fused-ring (bicyclic) bond motifs is 2. The maximum atomic E-state index is 2.75. The summed E-state index contributed by atoms with van der Waals surface area (Å²) in [5.41, 5.74) is 0. The van der Waals surface area contributed by atoms with Gasteiger partial charge < -0.3 is 0 Å².